The lowest BCUT2D eigenvalue weighted by atomic mass is 10.3. The van der Waals surface area contributed by atoms with E-state index in [1.165, 1.54) is 6.92 Å². The number of para-hydroxylation sites is 1. The second kappa shape index (κ2) is 6.27. The molecule has 0 bridgehead atoms. The van der Waals surface area contributed by atoms with E-state index >= 15 is 0 Å². The van der Waals surface area contributed by atoms with E-state index in [4.69, 9.17) is 5.73 Å². The predicted octanol–water partition coefficient (Wildman–Crippen LogP) is 1.31. The third-order valence-electron chi connectivity index (χ3n) is 2.12. The van der Waals surface area contributed by atoms with Gasteiger partial charge in [0.25, 0.3) is 0 Å². The van der Waals surface area contributed by atoms with E-state index in [-0.39, 0.29) is 19.0 Å². The van der Waals surface area contributed by atoms with E-state index in [1.807, 2.05) is 0 Å². The minimum absolute atomic E-state index is 0.190. The summed E-state index contributed by atoms with van der Waals surface area (Å²) in [5.41, 5.74) is 5.90. The van der Waals surface area contributed by atoms with Crippen LogP contribution in [0.3, 0.4) is 0 Å². The minimum atomic E-state index is -0.496. The lowest BCUT2D eigenvalue weighted by Gasteiger charge is -2.19. The maximum absolute atomic E-state index is 11.8. The van der Waals surface area contributed by atoms with Crippen molar-refractivity contribution in [2.45, 2.75) is 11.8 Å². The van der Waals surface area contributed by atoms with Gasteiger partial charge in [-0.3, -0.25) is 9.69 Å². The number of nitrogens with one attached hydrogen (secondary N) is 1. The largest absolute Gasteiger partial charge is 0.329 e. The van der Waals surface area contributed by atoms with Gasteiger partial charge in [0.2, 0.25) is 5.91 Å². The van der Waals surface area contributed by atoms with Gasteiger partial charge in [0.1, 0.15) is 0 Å². The Morgan fingerprint density at radius 3 is 2.59 bits per heavy atom. The van der Waals surface area contributed by atoms with Gasteiger partial charge < -0.3 is 11.1 Å². The summed E-state index contributed by atoms with van der Waals surface area (Å²) in [6, 6.07) is 6.54. The van der Waals surface area contributed by atoms with Crippen LogP contribution < -0.4 is 11.1 Å². The fourth-order valence-electron chi connectivity index (χ4n) is 1.29. The summed E-state index contributed by atoms with van der Waals surface area (Å²) in [5.74, 6) is -0.343. The van der Waals surface area contributed by atoms with Crippen LogP contribution in [0.25, 0.3) is 0 Å². The monoisotopic (exact) mass is 253 g/mol. The molecule has 5 nitrogen and oxygen atoms in total. The number of anilines is 1. The summed E-state index contributed by atoms with van der Waals surface area (Å²) < 4.78 is 0. The van der Waals surface area contributed by atoms with Crippen LogP contribution in [0.15, 0.2) is 29.2 Å². The van der Waals surface area contributed by atoms with Gasteiger partial charge in [-0.2, -0.15) is 0 Å². The number of hydrogen-bond acceptors (Lipinski definition) is 4. The lowest BCUT2D eigenvalue weighted by Crippen LogP contribution is -2.41. The molecule has 92 valence electrons. The topological polar surface area (TPSA) is 75.4 Å². The van der Waals surface area contributed by atoms with E-state index in [2.05, 4.69) is 17.9 Å². The van der Waals surface area contributed by atoms with Crippen molar-refractivity contribution in [2.75, 3.05) is 18.4 Å². The van der Waals surface area contributed by atoms with Crippen LogP contribution in [0.1, 0.15) is 6.92 Å². The second-order valence-electron chi connectivity index (χ2n) is 3.41. The van der Waals surface area contributed by atoms with Gasteiger partial charge in [-0.05, 0) is 12.1 Å². The van der Waals surface area contributed by atoms with Crippen LogP contribution in [-0.2, 0) is 4.79 Å². The average Bonchev–Trinajstić information content (AvgIpc) is 2.28. The zero-order valence-electron chi connectivity index (χ0n) is 9.51. The van der Waals surface area contributed by atoms with E-state index < -0.39 is 6.03 Å². The molecule has 0 saturated carbocycles. The zero-order valence-corrected chi connectivity index (χ0v) is 10.4. The van der Waals surface area contributed by atoms with Crippen molar-refractivity contribution < 1.29 is 9.59 Å². The number of hydrogen-bond donors (Lipinski definition) is 3. The summed E-state index contributed by atoms with van der Waals surface area (Å²) in [6.45, 7) is 1.74. The molecule has 17 heavy (non-hydrogen) atoms. The first-order valence-corrected chi connectivity index (χ1v) is 5.58. The highest BCUT2D eigenvalue weighted by Crippen LogP contribution is 2.18. The fourth-order valence-corrected chi connectivity index (χ4v) is 1.51. The number of amides is 3. The first-order valence-electron chi connectivity index (χ1n) is 5.13. The molecule has 3 amide bonds. The minimum Gasteiger partial charge on any atom is -0.329 e. The molecule has 1 rings (SSSR count). The summed E-state index contributed by atoms with van der Waals surface area (Å²) in [4.78, 5) is 24.7. The van der Waals surface area contributed by atoms with Gasteiger partial charge >= 0.3 is 6.03 Å². The Labute approximate surface area is 105 Å². The van der Waals surface area contributed by atoms with Gasteiger partial charge in [-0.25, -0.2) is 4.79 Å². The molecule has 0 aliphatic heterocycles. The molecule has 6 heteroatoms. The van der Waals surface area contributed by atoms with Crippen LogP contribution >= 0.6 is 12.6 Å². The number of thiol groups is 1. The van der Waals surface area contributed by atoms with E-state index in [0.717, 1.165) is 4.90 Å². The van der Waals surface area contributed by atoms with Gasteiger partial charge in [-0.1, -0.05) is 12.1 Å². The fraction of sp³-hybridized carbons (Fsp3) is 0.273. The molecule has 0 atom stereocenters. The highest BCUT2D eigenvalue weighted by Gasteiger charge is 2.17. The number of rotatable bonds is 3. The molecule has 0 heterocycles. The SMILES string of the molecule is CC(=O)N(CCN)C(=O)Nc1ccccc1S. The van der Waals surface area contributed by atoms with Crippen LogP contribution in [0.4, 0.5) is 10.5 Å². The van der Waals surface area contributed by atoms with Crippen molar-refractivity contribution in [3.05, 3.63) is 24.3 Å². The number of benzene rings is 1. The summed E-state index contributed by atoms with van der Waals surface area (Å²) in [7, 11) is 0. The van der Waals surface area contributed by atoms with Gasteiger partial charge in [0.15, 0.2) is 0 Å². The molecule has 0 aromatic heterocycles. The standard InChI is InChI=1S/C11H15N3O2S/c1-8(15)14(7-6-12)11(16)13-9-4-2-3-5-10(9)17/h2-5,17H,6-7,12H2,1H3,(H,13,16). The first kappa shape index (κ1) is 13.5. The third-order valence-corrected chi connectivity index (χ3v) is 2.51. The molecule has 0 spiro atoms. The lowest BCUT2D eigenvalue weighted by molar-refractivity contribution is -0.125. The van der Waals surface area contributed by atoms with Crippen molar-refractivity contribution in [1.82, 2.24) is 4.90 Å². The number of nitrogens with zero attached hydrogens (tertiary/aromatic N) is 1. The van der Waals surface area contributed by atoms with Gasteiger partial charge in [0, 0.05) is 24.9 Å². The van der Waals surface area contributed by atoms with Crippen LogP contribution in [-0.4, -0.2) is 29.9 Å². The normalized spacial score (nSPS) is 9.82. The molecular formula is C11H15N3O2S. The average molecular weight is 253 g/mol. The second-order valence-corrected chi connectivity index (χ2v) is 3.89. The van der Waals surface area contributed by atoms with Crippen LogP contribution in [0.5, 0.6) is 0 Å². The van der Waals surface area contributed by atoms with Crippen molar-refractivity contribution in [1.29, 1.82) is 0 Å². The first-order chi connectivity index (χ1) is 8.06. The smallest absolute Gasteiger partial charge is 0.328 e. The van der Waals surface area contributed by atoms with Gasteiger partial charge in [-0.15, -0.1) is 12.6 Å². The Balaban J connectivity index is 2.77. The zero-order chi connectivity index (χ0) is 12.8. The Hall–Kier alpha value is -1.53. The van der Waals surface area contributed by atoms with Crippen molar-refractivity contribution in [2.24, 2.45) is 5.73 Å². The highest BCUT2D eigenvalue weighted by atomic mass is 32.1. The summed E-state index contributed by atoms with van der Waals surface area (Å²) >= 11 is 4.20. The molecule has 0 unspecified atom stereocenters. The summed E-state index contributed by atoms with van der Waals surface area (Å²) in [6.07, 6.45) is 0. The molecule has 1 aromatic rings. The molecule has 0 aliphatic carbocycles. The van der Waals surface area contributed by atoms with Crippen molar-refractivity contribution in [3.63, 3.8) is 0 Å². The molecule has 0 saturated heterocycles. The van der Waals surface area contributed by atoms with E-state index in [1.54, 1.807) is 24.3 Å². The van der Waals surface area contributed by atoms with E-state index in [0.29, 0.717) is 10.6 Å². The predicted molar refractivity (Wildman–Crippen MR) is 69.2 cm³/mol. The molecule has 0 radical (unpaired) electrons. The maximum Gasteiger partial charge on any atom is 0.328 e. The van der Waals surface area contributed by atoms with Crippen LogP contribution in [0.2, 0.25) is 0 Å². The number of carbonyl (C=O) groups is 2. The molecule has 1 aromatic carbocycles. The number of nitrogens with two attached hydrogens (primary N) is 1. The Morgan fingerprint density at radius 2 is 2.06 bits per heavy atom. The molecule has 3 N–H and O–H groups in total. The molecule has 0 fully saturated rings. The van der Waals surface area contributed by atoms with Crippen LogP contribution in [0, 0.1) is 0 Å². The number of urea groups is 1. The number of carbonyl (C=O) groups excluding carboxylic acids is 2. The molecular weight excluding hydrogens is 238 g/mol. The maximum atomic E-state index is 11.8. The van der Waals surface area contributed by atoms with E-state index in [9.17, 15) is 9.59 Å². The van der Waals surface area contributed by atoms with Gasteiger partial charge in [0.05, 0.1) is 5.69 Å². The quantitative estimate of drug-likeness (QED) is 0.711. The van der Waals surface area contributed by atoms with Crippen molar-refractivity contribution >= 4 is 30.3 Å². The molecule has 0 aliphatic rings. The Bertz CT molecular complexity index is 423. The Kier molecular flexibility index (Phi) is 4.99. The third kappa shape index (κ3) is 3.76. The summed E-state index contributed by atoms with van der Waals surface area (Å²) in [5, 5.41) is 2.61. The Morgan fingerprint density at radius 1 is 1.41 bits per heavy atom. The highest BCUT2D eigenvalue weighted by molar-refractivity contribution is 7.80. The van der Waals surface area contributed by atoms with Crippen molar-refractivity contribution in [3.8, 4) is 0 Å². The number of imide groups is 1.